The van der Waals surface area contributed by atoms with Crippen LogP contribution in [0.25, 0.3) is 234 Å². The van der Waals surface area contributed by atoms with E-state index in [2.05, 4.69) is 313 Å². The zero-order valence-electron chi connectivity index (χ0n) is 69.7. The van der Waals surface area contributed by atoms with Crippen LogP contribution in [0.5, 0.6) is 0 Å². The van der Waals surface area contributed by atoms with Gasteiger partial charge in [0.15, 0.2) is 34.9 Å². The third-order valence-corrected chi connectivity index (χ3v) is 28.6. The van der Waals surface area contributed by atoms with Crippen LogP contribution < -0.4 is 0 Å². The number of para-hydroxylation sites is 3. The Kier molecular flexibility index (Phi) is 17.9. The average Bonchev–Trinajstić information content (AvgIpc) is 1.58. The fourth-order valence-corrected chi connectivity index (χ4v) is 22.4. The third kappa shape index (κ3) is 12.9. The molecule has 0 amide bonds. The standard InChI is InChI=1S/C42H28N4S.C39H24N4S.C33H20N4S/c1-42(2)33-17-9-6-14-27(33)28-21-20-26(22-34(28)42)40-43-39(25-12-4-3-5-13-25)44-41(45-40)46-35-18-10-7-15-29(35)31-23-32-30-16-8-11-19-37(30)47-38(32)24-36(31)46;1-3-11-25(12-4-1)26-19-21-28(22-20-26)38-40-37(27-13-5-2-6-14-27)41-39(42-38)43-33-17-9-7-15-29(33)31-23-32-30-16-8-10-18-35(30)44-36(32)24-34(31)43;1-3-11-21(12-4-1)31-34-32(22-13-5-2-6-14-22)36-33(35-31)37-27-17-9-7-15-23(27)25-19-26-24-16-8-10-18-29(24)38-30(26)20-28(25)37/h3-24H,1-2H3;1-24H;1-20H. The summed E-state index contributed by atoms with van der Waals surface area (Å²) in [5.74, 6) is 5.75. The molecule has 0 atom stereocenters. The second-order valence-corrected chi connectivity index (χ2v) is 36.4. The topological polar surface area (TPSA) is 131 Å². The molecule has 26 aromatic rings. The van der Waals surface area contributed by atoms with Gasteiger partial charge in [0.1, 0.15) is 0 Å². The molecule has 129 heavy (non-hydrogen) atoms. The van der Waals surface area contributed by atoms with E-state index in [-0.39, 0.29) is 5.41 Å². The first kappa shape index (κ1) is 75.4. The number of hydrogen-bond donors (Lipinski definition) is 0. The SMILES string of the molecule is CC1(C)c2ccccc2-c2ccc(-c3nc(-c4ccccc4)nc(-n4c5ccccc5c5cc6c(cc54)sc4ccccc46)n3)cc21.c1ccc(-c2ccc(-c3nc(-c4ccccc4)nc(-n4c5ccccc5c5cc6c(cc54)sc4ccccc46)n3)cc2)cc1.c1ccc(-c2nc(-c3ccccc3)nc(-n3c4ccccc4c4cc5c(cc43)sc3ccccc35)n2)cc1. The largest absolute Gasteiger partial charge is 0.278 e. The van der Waals surface area contributed by atoms with Crippen molar-refractivity contribution in [3.05, 3.63) is 412 Å². The van der Waals surface area contributed by atoms with Crippen LogP contribution in [0.15, 0.2) is 400 Å². The lowest BCUT2D eigenvalue weighted by Gasteiger charge is -2.21. The number of benzene rings is 17. The molecule has 9 aromatic heterocycles. The highest BCUT2D eigenvalue weighted by molar-refractivity contribution is 7.26. The van der Waals surface area contributed by atoms with Gasteiger partial charge in [0.2, 0.25) is 17.8 Å². The smallest absolute Gasteiger partial charge is 0.238 e. The van der Waals surface area contributed by atoms with E-state index in [1.807, 2.05) is 149 Å². The third-order valence-electron chi connectivity index (χ3n) is 25.2. The molecule has 12 nitrogen and oxygen atoms in total. The molecule has 17 aromatic carbocycles. The van der Waals surface area contributed by atoms with Crippen LogP contribution >= 0.6 is 34.0 Å². The van der Waals surface area contributed by atoms with Gasteiger partial charge in [-0.1, -0.05) is 335 Å². The minimum atomic E-state index is -0.123. The molecule has 0 saturated carbocycles. The molecular weight excluding hydrogens is 1630 g/mol. The lowest BCUT2D eigenvalue weighted by Crippen LogP contribution is -2.15. The molecule has 0 bridgehead atoms. The average molecular weight is 1710 g/mol. The monoisotopic (exact) mass is 1700 g/mol. The van der Waals surface area contributed by atoms with Crippen LogP contribution in [0, 0.1) is 0 Å². The molecular formula is C114H72N12S3. The van der Waals surface area contributed by atoms with Crippen molar-refractivity contribution < 1.29 is 0 Å². The van der Waals surface area contributed by atoms with Gasteiger partial charge >= 0.3 is 0 Å². The number of thiophene rings is 3. The number of nitrogens with zero attached hydrogens (tertiary/aromatic N) is 12. The van der Waals surface area contributed by atoms with Gasteiger partial charge in [0, 0.05) is 132 Å². The van der Waals surface area contributed by atoms with Gasteiger partial charge < -0.3 is 0 Å². The van der Waals surface area contributed by atoms with E-state index in [0.29, 0.717) is 52.8 Å². The van der Waals surface area contributed by atoms with Gasteiger partial charge in [0.05, 0.1) is 33.1 Å². The van der Waals surface area contributed by atoms with Crippen molar-refractivity contribution in [1.29, 1.82) is 0 Å². The lowest BCUT2D eigenvalue weighted by molar-refractivity contribution is 0.660. The summed E-state index contributed by atoms with van der Waals surface area (Å²) in [6.45, 7) is 4.62. The van der Waals surface area contributed by atoms with E-state index < -0.39 is 0 Å². The summed E-state index contributed by atoms with van der Waals surface area (Å²) >= 11 is 5.48. The van der Waals surface area contributed by atoms with Crippen LogP contribution in [0.2, 0.25) is 0 Å². The molecule has 9 heterocycles. The molecule has 606 valence electrons. The van der Waals surface area contributed by atoms with Crippen LogP contribution in [-0.4, -0.2) is 58.6 Å². The predicted octanol–water partition coefficient (Wildman–Crippen LogP) is 30.0. The minimum absolute atomic E-state index is 0.123. The molecule has 1 aliphatic rings. The zero-order chi connectivity index (χ0) is 85.4. The van der Waals surface area contributed by atoms with Gasteiger partial charge in [-0.05, 0) is 112 Å². The van der Waals surface area contributed by atoms with Crippen molar-refractivity contribution in [2.24, 2.45) is 0 Å². The Morgan fingerprint density at radius 1 is 0.178 bits per heavy atom. The highest BCUT2D eigenvalue weighted by atomic mass is 32.1. The normalized spacial score (nSPS) is 12.3. The quantitative estimate of drug-likeness (QED) is 0.131. The molecule has 0 radical (unpaired) electrons. The first-order valence-corrected chi connectivity index (χ1v) is 45.6. The van der Waals surface area contributed by atoms with Crippen molar-refractivity contribution in [3.63, 3.8) is 0 Å². The van der Waals surface area contributed by atoms with E-state index in [1.54, 1.807) is 0 Å². The maximum atomic E-state index is 5.26. The van der Waals surface area contributed by atoms with E-state index in [1.165, 1.54) is 121 Å². The lowest BCUT2D eigenvalue weighted by atomic mass is 9.82. The van der Waals surface area contributed by atoms with Crippen molar-refractivity contribution in [2.75, 3.05) is 0 Å². The van der Waals surface area contributed by atoms with E-state index in [4.69, 9.17) is 44.9 Å². The van der Waals surface area contributed by atoms with E-state index in [0.717, 1.165) is 72.0 Å². The Morgan fingerprint density at radius 2 is 0.442 bits per heavy atom. The Labute approximate surface area is 752 Å². The summed E-state index contributed by atoms with van der Waals surface area (Å²) in [6, 6.07) is 140. The molecule has 27 rings (SSSR count). The summed E-state index contributed by atoms with van der Waals surface area (Å²) in [6.07, 6.45) is 0. The highest BCUT2D eigenvalue weighted by Crippen LogP contribution is 2.51. The molecule has 0 N–H and O–H groups in total. The maximum Gasteiger partial charge on any atom is 0.238 e. The number of hydrogen-bond acceptors (Lipinski definition) is 12. The first-order valence-electron chi connectivity index (χ1n) is 43.1. The fourth-order valence-electron chi connectivity index (χ4n) is 19.0. The van der Waals surface area contributed by atoms with E-state index in [9.17, 15) is 0 Å². The number of aromatic nitrogens is 12. The summed E-state index contributed by atoms with van der Waals surface area (Å²) in [7, 11) is 0. The molecule has 0 saturated heterocycles. The fraction of sp³-hybridized carbons (Fsp3) is 0.0263. The highest BCUT2D eigenvalue weighted by Gasteiger charge is 2.36. The first-order chi connectivity index (χ1) is 63.7. The van der Waals surface area contributed by atoms with Gasteiger partial charge in [-0.15, -0.1) is 34.0 Å². The molecule has 0 spiro atoms. The van der Waals surface area contributed by atoms with Gasteiger partial charge in [-0.3, -0.25) is 13.7 Å². The Morgan fingerprint density at radius 3 is 0.806 bits per heavy atom. The maximum absolute atomic E-state index is 5.26. The van der Waals surface area contributed by atoms with Gasteiger partial charge in [-0.2, -0.15) is 29.9 Å². The predicted molar refractivity (Wildman–Crippen MR) is 537 cm³/mol. The van der Waals surface area contributed by atoms with E-state index >= 15 is 0 Å². The summed E-state index contributed by atoms with van der Waals surface area (Å²) < 4.78 is 14.2. The summed E-state index contributed by atoms with van der Waals surface area (Å²) in [4.78, 5) is 45.7. The van der Waals surface area contributed by atoms with Crippen molar-refractivity contribution in [1.82, 2.24) is 58.6 Å². The van der Waals surface area contributed by atoms with Gasteiger partial charge in [-0.25, -0.2) is 15.0 Å². The number of fused-ring (bicyclic) bond motifs is 21. The van der Waals surface area contributed by atoms with Crippen LogP contribution in [-0.2, 0) is 5.41 Å². The van der Waals surface area contributed by atoms with Gasteiger partial charge in [0.25, 0.3) is 0 Å². The van der Waals surface area contributed by atoms with Crippen molar-refractivity contribution in [2.45, 2.75) is 19.3 Å². The molecule has 0 aliphatic heterocycles. The van der Waals surface area contributed by atoms with Crippen LogP contribution in [0.4, 0.5) is 0 Å². The summed E-state index contributed by atoms with van der Waals surface area (Å²) in [5.41, 5.74) is 19.7. The number of rotatable bonds is 10. The zero-order valence-corrected chi connectivity index (χ0v) is 72.1. The Bertz CT molecular complexity index is 8910. The van der Waals surface area contributed by atoms with Crippen molar-refractivity contribution in [3.8, 4) is 108 Å². The Balaban J connectivity index is 0.000000105. The van der Waals surface area contributed by atoms with Crippen molar-refractivity contribution >= 4 is 160 Å². The molecule has 15 heteroatoms. The van der Waals surface area contributed by atoms with Crippen LogP contribution in [0.3, 0.4) is 0 Å². The molecule has 0 fully saturated rings. The second-order valence-electron chi connectivity index (χ2n) is 33.1. The summed E-state index contributed by atoms with van der Waals surface area (Å²) in [5, 5.41) is 14.8. The minimum Gasteiger partial charge on any atom is -0.278 e. The van der Waals surface area contributed by atoms with Crippen LogP contribution in [0.1, 0.15) is 25.0 Å². The Hall–Kier alpha value is -16.2. The molecule has 0 unspecified atom stereocenters. The molecule has 1 aliphatic carbocycles. The second kappa shape index (κ2) is 30.6.